The van der Waals surface area contributed by atoms with Crippen LogP contribution in [0.1, 0.15) is 72.1 Å². The van der Waals surface area contributed by atoms with Gasteiger partial charge in [0, 0.05) is 0 Å². The van der Waals surface area contributed by atoms with E-state index in [1.165, 1.54) is 51.4 Å². The molecule has 112 valence electrons. The van der Waals surface area contributed by atoms with Crippen molar-refractivity contribution in [3.63, 3.8) is 0 Å². The maximum atomic E-state index is 5.79. The normalized spacial score (nSPS) is 44.8. The van der Waals surface area contributed by atoms with E-state index >= 15 is 0 Å². The smallest absolute Gasteiger partial charge is 0.00746 e. The Labute approximate surface area is 120 Å². The first-order valence-electron chi connectivity index (χ1n) is 8.80. The zero-order chi connectivity index (χ0) is 13.8. The lowest BCUT2D eigenvalue weighted by Gasteiger charge is -2.34. The van der Waals surface area contributed by atoms with Crippen molar-refractivity contribution < 1.29 is 0 Å². The molecule has 0 bridgehead atoms. The van der Waals surface area contributed by atoms with Crippen LogP contribution >= 0.6 is 0 Å². The van der Waals surface area contributed by atoms with Crippen LogP contribution in [0.15, 0.2) is 0 Å². The van der Waals surface area contributed by atoms with E-state index in [0.29, 0.717) is 0 Å². The molecule has 6 atom stereocenters. The first-order chi connectivity index (χ1) is 9.10. The fourth-order valence-electron chi connectivity index (χ4n) is 4.81. The summed E-state index contributed by atoms with van der Waals surface area (Å²) in [5.41, 5.74) is 5.79. The van der Waals surface area contributed by atoms with Crippen molar-refractivity contribution in [2.45, 2.75) is 72.1 Å². The van der Waals surface area contributed by atoms with E-state index < -0.39 is 0 Å². The fraction of sp³-hybridized carbons (Fsp3) is 1.00. The second-order valence-electron chi connectivity index (χ2n) is 7.89. The monoisotopic (exact) mass is 265 g/mol. The Morgan fingerprint density at radius 1 is 0.789 bits per heavy atom. The molecule has 2 aliphatic rings. The van der Waals surface area contributed by atoms with Gasteiger partial charge in [-0.3, -0.25) is 0 Å². The molecule has 2 saturated carbocycles. The SMILES string of the molecule is CC1CC(CCN)CCC2CC(C)C(C)CCC2C1. The van der Waals surface area contributed by atoms with Crippen LogP contribution in [-0.2, 0) is 0 Å². The van der Waals surface area contributed by atoms with Crippen molar-refractivity contribution in [3.05, 3.63) is 0 Å². The highest BCUT2D eigenvalue weighted by molar-refractivity contribution is 4.84. The molecule has 0 aliphatic heterocycles. The molecule has 2 N–H and O–H groups in total. The van der Waals surface area contributed by atoms with E-state index in [4.69, 9.17) is 5.73 Å². The van der Waals surface area contributed by atoms with Gasteiger partial charge in [-0.15, -0.1) is 0 Å². The number of hydrogen-bond acceptors (Lipinski definition) is 1. The van der Waals surface area contributed by atoms with E-state index in [0.717, 1.165) is 42.1 Å². The lowest BCUT2D eigenvalue weighted by atomic mass is 9.72. The summed E-state index contributed by atoms with van der Waals surface area (Å²) in [4.78, 5) is 0. The largest absolute Gasteiger partial charge is 0.330 e. The van der Waals surface area contributed by atoms with Gasteiger partial charge in [0.15, 0.2) is 0 Å². The Kier molecular flexibility index (Phi) is 5.74. The van der Waals surface area contributed by atoms with Gasteiger partial charge in [-0.1, -0.05) is 33.6 Å². The van der Waals surface area contributed by atoms with Gasteiger partial charge < -0.3 is 5.73 Å². The standard InChI is InChI=1S/C18H35N/c1-13-10-16(8-9-19)5-7-18-12-15(3)14(2)4-6-17(18)11-13/h13-18H,4-12,19H2,1-3H3. The summed E-state index contributed by atoms with van der Waals surface area (Å²) < 4.78 is 0. The first-order valence-corrected chi connectivity index (χ1v) is 8.80. The summed E-state index contributed by atoms with van der Waals surface area (Å²) in [5, 5.41) is 0. The van der Waals surface area contributed by atoms with Gasteiger partial charge >= 0.3 is 0 Å². The molecule has 0 aromatic carbocycles. The highest BCUT2D eigenvalue weighted by Gasteiger charge is 2.32. The van der Waals surface area contributed by atoms with Crippen molar-refractivity contribution in [3.8, 4) is 0 Å². The molecule has 0 amide bonds. The Morgan fingerprint density at radius 3 is 2.21 bits per heavy atom. The molecular formula is C18H35N. The lowest BCUT2D eigenvalue weighted by molar-refractivity contribution is 0.171. The van der Waals surface area contributed by atoms with E-state index in [2.05, 4.69) is 20.8 Å². The van der Waals surface area contributed by atoms with E-state index in [9.17, 15) is 0 Å². The van der Waals surface area contributed by atoms with Crippen LogP contribution < -0.4 is 5.73 Å². The van der Waals surface area contributed by atoms with E-state index in [1.807, 2.05) is 0 Å². The molecule has 0 spiro atoms. The second kappa shape index (κ2) is 7.11. The van der Waals surface area contributed by atoms with Crippen LogP contribution in [0.2, 0.25) is 0 Å². The van der Waals surface area contributed by atoms with Crippen molar-refractivity contribution in [2.75, 3.05) is 6.54 Å². The molecule has 0 heterocycles. The molecule has 2 fully saturated rings. The zero-order valence-corrected chi connectivity index (χ0v) is 13.4. The molecule has 1 nitrogen and oxygen atoms in total. The highest BCUT2D eigenvalue weighted by atomic mass is 14.5. The van der Waals surface area contributed by atoms with Gasteiger partial charge in [0.2, 0.25) is 0 Å². The summed E-state index contributed by atoms with van der Waals surface area (Å²) in [6, 6.07) is 0. The molecule has 0 aromatic rings. The predicted octanol–water partition coefficient (Wildman–Crippen LogP) is 4.85. The van der Waals surface area contributed by atoms with Gasteiger partial charge in [-0.05, 0) is 80.6 Å². The first kappa shape index (κ1) is 15.4. The highest BCUT2D eigenvalue weighted by Crippen LogP contribution is 2.43. The Bertz CT molecular complexity index is 262. The van der Waals surface area contributed by atoms with Gasteiger partial charge in [-0.2, -0.15) is 0 Å². The summed E-state index contributed by atoms with van der Waals surface area (Å²) in [7, 11) is 0. The minimum atomic E-state index is 0.888. The topological polar surface area (TPSA) is 26.0 Å². The number of hydrogen-bond donors (Lipinski definition) is 1. The molecule has 0 saturated heterocycles. The van der Waals surface area contributed by atoms with Crippen LogP contribution in [-0.4, -0.2) is 6.54 Å². The molecule has 2 rings (SSSR count). The summed E-state index contributed by atoms with van der Waals surface area (Å²) >= 11 is 0. The average Bonchev–Trinajstić information content (AvgIpc) is 2.48. The molecule has 0 aromatic heterocycles. The Morgan fingerprint density at radius 2 is 1.47 bits per heavy atom. The summed E-state index contributed by atoms with van der Waals surface area (Å²) in [6.45, 7) is 8.35. The second-order valence-corrected chi connectivity index (χ2v) is 7.89. The van der Waals surface area contributed by atoms with Crippen LogP contribution in [0.5, 0.6) is 0 Å². The van der Waals surface area contributed by atoms with E-state index in [-0.39, 0.29) is 0 Å². The third-order valence-electron chi connectivity index (χ3n) is 6.27. The number of rotatable bonds is 2. The third-order valence-corrected chi connectivity index (χ3v) is 6.27. The fourth-order valence-corrected chi connectivity index (χ4v) is 4.81. The summed E-state index contributed by atoms with van der Waals surface area (Å²) in [5.74, 6) is 5.77. The number of nitrogens with two attached hydrogens (primary N) is 1. The summed E-state index contributed by atoms with van der Waals surface area (Å²) in [6.07, 6.45) is 11.6. The van der Waals surface area contributed by atoms with Crippen LogP contribution in [0, 0.1) is 35.5 Å². The predicted molar refractivity (Wildman–Crippen MR) is 84.0 cm³/mol. The Hall–Kier alpha value is -0.0400. The molecule has 19 heavy (non-hydrogen) atoms. The van der Waals surface area contributed by atoms with Gasteiger partial charge in [0.1, 0.15) is 0 Å². The van der Waals surface area contributed by atoms with Gasteiger partial charge in [-0.25, -0.2) is 0 Å². The van der Waals surface area contributed by atoms with Gasteiger partial charge in [0.25, 0.3) is 0 Å². The maximum absolute atomic E-state index is 5.79. The van der Waals surface area contributed by atoms with Crippen LogP contribution in [0.3, 0.4) is 0 Å². The third kappa shape index (κ3) is 4.21. The number of fused-ring (bicyclic) bond motifs is 1. The minimum absolute atomic E-state index is 0.888. The maximum Gasteiger partial charge on any atom is -0.00746 e. The average molecular weight is 265 g/mol. The Balaban J connectivity index is 2.01. The molecule has 6 unspecified atom stereocenters. The zero-order valence-electron chi connectivity index (χ0n) is 13.4. The van der Waals surface area contributed by atoms with Gasteiger partial charge in [0.05, 0.1) is 0 Å². The lowest BCUT2D eigenvalue weighted by Crippen LogP contribution is -2.24. The van der Waals surface area contributed by atoms with Crippen molar-refractivity contribution in [1.82, 2.24) is 0 Å². The van der Waals surface area contributed by atoms with Crippen molar-refractivity contribution >= 4 is 0 Å². The quantitative estimate of drug-likeness (QED) is 0.759. The molecule has 0 radical (unpaired) electrons. The van der Waals surface area contributed by atoms with Crippen molar-refractivity contribution in [2.24, 2.45) is 41.2 Å². The van der Waals surface area contributed by atoms with Crippen LogP contribution in [0.25, 0.3) is 0 Å². The molecule has 2 aliphatic carbocycles. The van der Waals surface area contributed by atoms with E-state index in [1.54, 1.807) is 0 Å². The minimum Gasteiger partial charge on any atom is -0.330 e. The molecule has 1 heteroatoms. The van der Waals surface area contributed by atoms with Crippen LogP contribution in [0.4, 0.5) is 0 Å². The molecular weight excluding hydrogens is 230 g/mol. The van der Waals surface area contributed by atoms with Crippen molar-refractivity contribution in [1.29, 1.82) is 0 Å².